The molecule has 0 spiro atoms. The SMILES string of the molecule is COCCOc1ccc(S(=O)(=O)NC2CCCCCC2)cc1. The van der Waals surface area contributed by atoms with Crippen LogP contribution in [0.4, 0.5) is 0 Å². The van der Waals surface area contributed by atoms with Crippen LogP contribution in [0.1, 0.15) is 38.5 Å². The fourth-order valence-electron chi connectivity index (χ4n) is 2.64. The molecule has 5 nitrogen and oxygen atoms in total. The minimum absolute atomic E-state index is 0.0603. The lowest BCUT2D eigenvalue weighted by atomic mass is 10.1. The van der Waals surface area contributed by atoms with E-state index in [9.17, 15) is 8.42 Å². The first-order valence-corrected chi connectivity index (χ1v) is 9.34. The van der Waals surface area contributed by atoms with Crippen molar-refractivity contribution >= 4 is 10.0 Å². The number of rotatable bonds is 7. The van der Waals surface area contributed by atoms with Crippen LogP contribution < -0.4 is 9.46 Å². The number of sulfonamides is 1. The summed E-state index contributed by atoms with van der Waals surface area (Å²) in [6.07, 6.45) is 6.45. The first-order valence-electron chi connectivity index (χ1n) is 7.86. The lowest BCUT2D eigenvalue weighted by Gasteiger charge is -2.16. The summed E-state index contributed by atoms with van der Waals surface area (Å²) in [6.45, 7) is 0.951. The molecule has 0 radical (unpaired) electrons. The summed E-state index contributed by atoms with van der Waals surface area (Å²) in [7, 11) is -1.84. The van der Waals surface area contributed by atoms with Crippen LogP contribution in [-0.4, -0.2) is 34.8 Å². The zero-order valence-corrected chi connectivity index (χ0v) is 13.9. The van der Waals surface area contributed by atoms with Crippen molar-refractivity contribution in [2.24, 2.45) is 0 Å². The van der Waals surface area contributed by atoms with Crippen LogP contribution in [0.25, 0.3) is 0 Å². The molecule has 1 saturated carbocycles. The maximum absolute atomic E-state index is 12.4. The topological polar surface area (TPSA) is 64.6 Å². The van der Waals surface area contributed by atoms with Crippen LogP contribution in [0.2, 0.25) is 0 Å². The van der Waals surface area contributed by atoms with Crippen molar-refractivity contribution in [3.05, 3.63) is 24.3 Å². The van der Waals surface area contributed by atoms with Gasteiger partial charge in [-0.15, -0.1) is 0 Å². The molecule has 0 amide bonds. The molecule has 124 valence electrons. The fourth-order valence-corrected chi connectivity index (χ4v) is 3.95. The minimum atomic E-state index is -3.45. The highest BCUT2D eigenvalue weighted by atomic mass is 32.2. The Balaban J connectivity index is 1.96. The van der Waals surface area contributed by atoms with Gasteiger partial charge in [-0.1, -0.05) is 25.7 Å². The Bertz CT molecular complexity index is 534. The summed E-state index contributed by atoms with van der Waals surface area (Å²) in [4.78, 5) is 0.288. The van der Waals surface area contributed by atoms with Crippen molar-refractivity contribution < 1.29 is 17.9 Å². The van der Waals surface area contributed by atoms with Gasteiger partial charge in [-0.25, -0.2) is 13.1 Å². The van der Waals surface area contributed by atoms with Crippen LogP contribution in [0.3, 0.4) is 0 Å². The van der Waals surface area contributed by atoms with E-state index in [4.69, 9.17) is 9.47 Å². The molecule has 0 heterocycles. The average Bonchev–Trinajstić information content (AvgIpc) is 2.76. The van der Waals surface area contributed by atoms with E-state index in [2.05, 4.69) is 4.72 Å². The van der Waals surface area contributed by atoms with Gasteiger partial charge in [-0.05, 0) is 37.1 Å². The normalized spacial score (nSPS) is 17.1. The quantitative estimate of drug-likeness (QED) is 0.618. The molecule has 0 unspecified atom stereocenters. The second kappa shape index (κ2) is 8.50. The van der Waals surface area contributed by atoms with Crippen molar-refractivity contribution in [3.8, 4) is 5.75 Å². The van der Waals surface area contributed by atoms with Crippen LogP contribution in [-0.2, 0) is 14.8 Å². The van der Waals surface area contributed by atoms with Crippen LogP contribution in [0, 0.1) is 0 Å². The Kier molecular flexibility index (Phi) is 6.67. The maximum Gasteiger partial charge on any atom is 0.240 e. The van der Waals surface area contributed by atoms with Gasteiger partial charge in [-0.2, -0.15) is 0 Å². The maximum atomic E-state index is 12.4. The van der Waals surface area contributed by atoms with Gasteiger partial charge >= 0.3 is 0 Å². The summed E-state index contributed by atoms with van der Waals surface area (Å²) in [5.41, 5.74) is 0. The standard InChI is InChI=1S/C16H25NO4S/c1-20-12-13-21-15-8-10-16(11-9-15)22(18,19)17-14-6-4-2-3-5-7-14/h8-11,14,17H,2-7,12-13H2,1H3. The third-order valence-corrected chi connectivity index (χ3v) is 5.40. The molecule has 1 aliphatic carbocycles. The number of hydrogen-bond acceptors (Lipinski definition) is 4. The van der Waals surface area contributed by atoms with E-state index < -0.39 is 10.0 Å². The Labute approximate surface area is 133 Å². The lowest BCUT2D eigenvalue weighted by Crippen LogP contribution is -2.34. The predicted octanol–water partition coefficient (Wildman–Crippen LogP) is 2.71. The molecule has 0 aliphatic heterocycles. The second-order valence-electron chi connectivity index (χ2n) is 5.62. The van der Waals surface area contributed by atoms with Gasteiger partial charge < -0.3 is 9.47 Å². The smallest absolute Gasteiger partial charge is 0.240 e. The van der Waals surface area contributed by atoms with Crippen molar-refractivity contribution in [2.45, 2.75) is 49.5 Å². The fraction of sp³-hybridized carbons (Fsp3) is 0.625. The third kappa shape index (κ3) is 5.26. The van der Waals surface area contributed by atoms with Crippen LogP contribution >= 0.6 is 0 Å². The molecule has 1 fully saturated rings. The summed E-state index contributed by atoms with van der Waals surface area (Å²) in [6, 6.07) is 6.59. The monoisotopic (exact) mass is 327 g/mol. The number of hydrogen-bond donors (Lipinski definition) is 1. The third-order valence-electron chi connectivity index (χ3n) is 3.87. The number of ether oxygens (including phenoxy) is 2. The van der Waals surface area contributed by atoms with E-state index >= 15 is 0 Å². The Morgan fingerprint density at radius 1 is 1.05 bits per heavy atom. The van der Waals surface area contributed by atoms with Crippen molar-refractivity contribution in [3.63, 3.8) is 0 Å². The molecular weight excluding hydrogens is 302 g/mol. The molecule has 0 atom stereocenters. The number of nitrogens with one attached hydrogen (secondary N) is 1. The number of methoxy groups -OCH3 is 1. The molecule has 6 heteroatoms. The summed E-state index contributed by atoms with van der Waals surface area (Å²) < 4.78 is 38.0. The molecular formula is C16H25NO4S. The average molecular weight is 327 g/mol. The lowest BCUT2D eigenvalue weighted by molar-refractivity contribution is 0.146. The van der Waals surface area contributed by atoms with E-state index in [1.54, 1.807) is 31.4 Å². The summed E-state index contributed by atoms with van der Waals surface area (Å²) >= 11 is 0. The largest absolute Gasteiger partial charge is 0.491 e. The van der Waals surface area contributed by atoms with Gasteiger partial charge in [0.25, 0.3) is 0 Å². The van der Waals surface area contributed by atoms with Gasteiger partial charge in [0.2, 0.25) is 10.0 Å². The molecule has 1 aliphatic rings. The van der Waals surface area contributed by atoms with Gasteiger partial charge in [0.05, 0.1) is 11.5 Å². The van der Waals surface area contributed by atoms with E-state index in [-0.39, 0.29) is 10.9 Å². The second-order valence-corrected chi connectivity index (χ2v) is 7.34. The Hall–Kier alpha value is -1.11. The number of benzene rings is 1. The van der Waals surface area contributed by atoms with E-state index in [1.807, 2.05) is 0 Å². The highest BCUT2D eigenvalue weighted by molar-refractivity contribution is 7.89. The Morgan fingerprint density at radius 3 is 2.27 bits per heavy atom. The molecule has 22 heavy (non-hydrogen) atoms. The van der Waals surface area contributed by atoms with Gasteiger partial charge in [0.1, 0.15) is 12.4 Å². The van der Waals surface area contributed by atoms with Crippen LogP contribution in [0.15, 0.2) is 29.2 Å². The van der Waals surface area contributed by atoms with Crippen molar-refractivity contribution in [1.29, 1.82) is 0 Å². The molecule has 0 bridgehead atoms. The molecule has 2 rings (SSSR count). The zero-order valence-electron chi connectivity index (χ0n) is 13.1. The summed E-state index contributed by atoms with van der Waals surface area (Å²) in [5, 5.41) is 0. The van der Waals surface area contributed by atoms with E-state index in [0.717, 1.165) is 25.7 Å². The molecule has 1 aromatic rings. The van der Waals surface area contributed by atoms with Gasteiger partial charge in [0.15, 0.2) is 0 Å². The van der Waals surface area contributed by atoms with Crippen molar-refractivity contribution in [2.75, 3.05) is 20.3 Å². The van der Waals surface area contributed by atoms with E-state index in [1.165, 1.54) is 12.8 Å². The first kappa shape index (κ1) is 17.2. The molecule has 0 aromatic heterocycles. The minimum Gasteiger partial charge on any atom is -0.491 e. The highest BCUT2D eigenvalue weighted by Gasteiger charge is 2.21. The zero-order chi connectivity index (χ0) is 15.8. The predicted molar refractivity (Wildman–Crippen MR) is 85.6 cm³/mol. The van der Waals surface area contributed by atoms with E-state index in [0.29, 0.717) is 19.0 Å². The molecule has 1 aromatic carbocycles. The Morgan fingerprint density at radius 2 is 1.68 bits per heavy atom. The first-order chi connectivity index (χ1) is 10.6. The highest BCUT2D eigenvalue weighted by Crippen LogP contribution is 2.21. The van der Waals surface area contributed by atoms with Crippen LogP contribution in [0.5, 0.6) is 5.75 Å². The van der Waals surface area contributed by atoms with Gasteiger partial charge in [0, 0.05) is 13.2 Å². The van der Waals surface area contributed by atoms with Crippen molar-refractivity contribution in [1.82, 2.24) is 4.72 Å². The molecule has 0 saturated heterocycles. The van der Waals surface area contributed by atoms with Gasteiger partial charge in [-0.3, -0.25) is 0 Å². The molecule has 1 N–H and O–H groups in total. The summed E-state index contributed by atoms with van der Waals surface area (Å²) in [5.74, 6) is 0.644.